The third-order valence-corrected chi connectivity index (χ3v) is 9.02. The Morgan fingerprint density at radius 2 is 1.24 bits per heavy atom. The summed E-state index contributed by atoms with van der Waals surface area (Å²) in [6.07, 6.45) is 10.1. The molecule has 0 spiro atoms. The van der Waals surface area contributed by atoms with Gasteiger partial charge in [-0.15, -0.1) is 0 Å². The first kappa shape index (κ1) is 38.7. The Morgan fingerprint density at radius 1 is 0.603 bits per heavy atom. The summed E-state index contributed by atoms with van der Waals surface area (Å²) in [7, 11) is 0. The first-order valence-electron chi connectivity index (χ1n) is 18.1. The van der Waals surface area contributed by atoms with Crippen molar-refractivity contribution in [1.82, 2.24) is 25.3 Å². The van der Waals surface area contributed by atoms with Crippen LogP contribution < -0.4 is 21.3 Å². The number of benzene rings is 4. The molecule has 4 heterocycles. The van der Waals surface area contributed by atoms with E-state index in [0.29, 0.717) is 51.9 Å². The van der Waals surface area contributed by atoms with Crippen molar-refractivity contribution in [3.63, 3.8) is 0 Å². The Hall–Kier alpha value is -7.57. The maximum atomic E-state index is 12.6. The minimum atomic E-state index is -0.237. The maximum absolute atomic E-state index is 12.6. The van der Waals surface area contributed by atoms with Gasteiger partial charge in [0.05, 0.1) is 12.4 Å². The second kappa shape index (κ2) is 18.4. The van der Waals surface area contributed by atoms with Gasteiger partial charge in [-0.1, -0.05) is 60.1 Å². The molecule has 0 unspecified atom stereocenters. The van der Waals surface area contributed by atoms with E-state index in [-0.39, 0.29) is 11.8 Å². The SMILES string of the molecule is Cc1ccc(C(=O)NCc2ccccc2)cc1Nc1ncc(-c2ccncc2)o1.Cc1ccc(C(=O)Nc2cccc(Cl)c2)cc1Nc1ncc(-c2cccnc2)o1. The largest absolute Gasteiger partial charge is 0.423 e. The van der Waals surface area contributed by atoms with Crippen molar-refractivity contribution in [2.24, 2.45) is 0 Å². The summed E-state index contributed by atoms with van der Waals surface area (Å²) >= 11 is 5.97. The summed E-state index contributed by atoms with van der Waals surface area (Å²) in [6, 6.07) is 35.8. The highest BCUT2D eigenvalue weighted by atomic mass is 35.5. The molecule has 288 valence electrons. The van der Waals surface area contributed by atoms with Crippen LogP contribution in [0.3, 0.4) is 0 Å². The van der Waals surface area contributed by atoms with Crippen LogP contribution >= 0.6 is 11.6 Å². The highest BCUT2D eigenvalue weighted by molar-refractivity contribution is 6.31. The standard InChI is InChI=1S/C23H20N4O2.C22H17ClN4O2/c1-16-7-8-19(22(28)25-14-17-5-3-2-4-6-17)13-20(16)27-23-26-15-21(29-23)18-9-11-24-12-10-18;1-14-7-8-15(21(28)26-18-6-2-5-17(23)11-18)10-19(14)27-22-25-13-20(29-22)16-4-3-9-24-12-16/h2-13,15H,14H2,1H3,(H,25,28)(H,26,27);2-13H,1H3,(H,25,27)(H,26,28). The lowest BCUT2D eigenvalue weighted by molar-refractivity contribution is 0.0950. The molecule has 2 amide bonds. The molecule has 0 radical (unpaired) electrons. The highest BCUT2D eigenvalue weighted by Crippen LogP contribution is 2.28. The van der Waals surface area contributed by atoms with Crippen molar-refractivity contribution in [3.05, 3.63) is 185 Å². The van der Waals surface area contributed by atoms with Crippen LogP contribution in [0.5, 0.6) is 0 Å². The molecular formula is C45H37ClN8O4. The lowest BCUT2D eigenvalue weighted by Crippen LogP contribution is -2.22. The smallest absolute Gasteiger partial charge is 0.299 e. The average Bonchev–Trinajstić information content (AvgIpc) is 3.93. The monoisotopic (exact) mass is 788 g/mol. The van der Waals surface area contributed by atoms with Gasteiger partial charge in [-0.05, 0) is 97.3 Å². The fraction of sp³-hybridized carbons (Fsp3) is 0.0667. The number of carbonyl (C=O) groups excluding carboxylic acids is 2. The number of carbonyl (C=O) groups is 2. The van der Waals surface area contributed by atoms with Crippen molar-refractivity contribution in [2.45, 2.75) is 20.4 Å². The van der Waals surface area contributed by atoms with Gasteiger partial charge in [0.1, 0.15) is 0 Å². The maximum Gasteiger partial charge on any atom is 0.299 e. The number of nitrogens with zero attached hydrogens (tertiary/aromatic N) is 4. The molecule has 13 heteroatoms. The Bertz CT molecular complexity index is 2630. The van der Waals surface area contributed by atoms with Gasteiger partial charge in [0.15, 0.2) is 11.5 Å². The minimum Gasteiger partial charge on any atom is -0.423 e. The van der Waals surface area contributed by atoms with E-state index in [1.807, 2.05) is 80.6 Å². The zero-order chi connectivity index (χ0) is 40.3. The van der Waals surface area contributed by atoms with E-state index in [4.69, 9.17) is 20.4 Å². The van der Waals surface area contributed by atoms with Gasteiger partial charge >= 0.3 is 0 Å². The summed E-state index contributed by atoms with van der Waals surface area (Å²) < 4.78 is 11.5. The molecule has 8 aromatic rings. The predicted molar refractivity (Wildman–Crippen MR) is 225 cm³/mol. The average molecular weight is 789 g/mol. The zero-order valence-corrected chi connectivity index (χ0v) is 32.2. The molecule has 0 atom stereocenters. The van der Waals surface area contributed by atoms with Crippen LogP contribution in [0.2, 0.25) is 5.02 Å². The van der Waals surface area contributed by atoms with Crippen LogP contribution in [0.4, 0.5) is 29.1 Å². The summed E-state index contributed by atoms with van der Waals surface area (Å²) in [5.41, 5.74) is 7.89. The zero-order valence-electron chi connectivity index (χ0n) is 31.4. The number of anilines is 5. The number of pyridine rings is 2. The van der Waals surface area contributed by atoms with Crippen LogP contribution in [0.25, 0.3) is 22.6 Å². The predicted octanol–water partition coefficient (Wildman–Crippen LogP) is 10.4. The Balaban J connectivity index is 0.000000177. The van der Waals surface area contributed by atoms with Crippen molar-refractivity contribution in [3.8, 4) is 22.6 Å². The van der Waals surface area contributed by atoms with Gasteiger partial charge < -0.3 is 30.1 Å². The van der Waals surface area contributed by atoms with Crippen LogP contribution in [0.1, 0.15) is 37.4 Å². The number of aromatic nitrogens is 4. The highest BCUT2D eigenvalue weighted by Gasteiger charge is 2.14. The number of halogens is 1. The number of aryl methyl sites for hydroxylation is 2. The van der Waals surface area contributed by atoms with Crippen LogP contribution in [-0.4, -0.2) is 31.8 Å². The van der Waals surface area contributed by atoms with E-state index < -0.39 is 0 Å². The first-order valence-corrected chi connectivity index (χ1v) is 18.5. The summed E-state index contributed by atoms with van der Waals surface area (Å²) in [5, 5.41) is 12.6. The number of rotatable bonds is 11. The number of oxazole rings is 2. The molecule has 4 aromatic carbocycles. The molecule has 0 aliphatic carbocycles. The molecule has 4 aromatic heterocycles. The summed E-state index contributed by atoms with van der Waals surface area (Å²) in [4.78, 5) is 41.8. The van der Waals surface area contributed by atoms with Crippen LogP contribution in [0.15, 0.2) is 161 Å². The number of hydrogen-bond donors (Lipinski definition) is 4. The van der Waals surface area contributed by atoms with Crippen molar-refractivity contribution < 1.29 is 18.4 Å². The second-order valence-corrected chi connectivity index (χ2v) is 13.4. The van der Waals surface area contributed by atoms with E-state index in [2.05, 4.69) is 41.2 Å². The Morgan fingerprint density at radius 3 is 1.86 bits per heavy atom. The first-order chi connectivity index (χ1) is 28.3. The lowest BCUT2D eigenvalue weighted by atomic mass is 10.1. The van der Waals surface area contributed by atoms with E-state index in [1.165, 1.54) is 0 Å². The van der Waals surface area contributed by atoms with Gasteiger partial charge in [-0.2, -0.15) is 0 Å². The lowest BCUT2D eigenvalue weighted by Gasteiger charge is -2.10. The molecule has 0 fully saturated rings. The third kappa shape index (κ3) is 10.2. The Kier molecular flexibility index (Phi) is 12.3. The minimum absolute atomic E-state index is 0.137. The molecule has 0 saturated heterocycles. The van der Waals surface area contributed by atoms with Crippen molar-refractivity contribution >= 4 is 52.5 Å². The van der Waals surface area contributed by atoms with Gasteiger partial charge in [-0.3, -0.25) is 19.6 Å². The molecule has 0 aliphatic heterocycles. The molecule has 4 N–H and O–H groups in total. The van der Waals surface area contributed by atoms with E-state index >= 15 is 0 Å². The van der Waals surface area contributed by atoms with E-state index in [9.17, 15) is 9.59 Å². The van der Waals surface area contributed by atoms with E-state index in [1.54, 1.807) is 85.7 Å². The fourth-order valence-corrected chi connectivity index (χ4v) is 5.82. The molecule has 58 heavy (non-hydrogen) atoms. The molecule has 8 rings (SSSR count). The summed E-state index contributed by atoms with van der Waals surface area (Å²) in [6.45, 7) is 4.37. The summed E-state index contributed by atoms with van der Waals surface area (Å²) in [5.74, 6) is 0.873. The van der Waals surface area contributed by atoms with Gasteiger partial charge in [0.2, 0.25) is 0 Å². The molecule has 0 bridgehead atoms. The molecule has 0 aliphatic rings. The molecular weight excluding hydrogens is 752 g/mol. The topological polar surface area (TPSA) is 160 Å². The van der Waals surface area contributed by atoms with E-state index in [0.717, 1.165) is 39.2 Å². The fourth-order valence-electron chi connectivity index (χ4n) is 5.63. The normalized spacial score (nSPS) is 10.5. The quantitative estimate of drug-likeness (QED) is 0.0993. The Labute approximate surface area is 339 Å². The van der Waals surface area contributed by atoms with Crippen LogP contribution in [-0.2, 0) is 6.54 Å². The van der Waals surface area contributed by atoms with Gasteiger partial charge in [-0.25, -0.2) is 9.97 Å². The van der Waals surface area contributed by atoms with Gasteiger partial charge in [0.25, 0.3) is 23.8 Å². The number of amides is 2. The van der Waals surface area contributed by atoms with Crippen molar-refractivity contribution in [1.29, 1.82) is 0 Å². The molecule has 0 saturated carbocycles. The second-order valence-electron chi connectivity index (χ2n) is 13.0. The van der Waals surface area contributed by atoms with Crippen LogP contribution in [0, 0.1) is 13.8 Å². The molecule has 12 nitrogen and oxygen atoms in total. The number of hydrogen-bond acceptors (Lipinski definition) is 10. The van der Waals surface area contributed by atoms with Crippen molar-refractivity contribution in [2.75, 3.05) is 16.0 Å². The van der Waals surface area contributed by atoms with Gasteiger partial charge in [0, 0.05) is 75.7 Å². The number of nitrogens with one attached hydrogen (secondary N) is 4. The third-order valence-electron chi connectivity index (χ3n) is 8.78.